The number of hydrogen-bond acceptors (Lipinski definition) is 3. The van der Waals surface area contributed by atoms with Gasteiger partial charge in [-0.1, -0.05) is 78.9 Å². The Morgan fingerprint density at radius 3 is 1.96 bits per heavy atom. The molecule has 5 rings (SSSR count). The second-order valence-electron chi connectivity index (χ2n) is 6.12. The molecular weight excluding hydrogens is 340 g/mol. The molecule has 0 radical (unpaired) electrons. The van der Waals surface area contributed by atoms with Crippen LogP contribution in [-0.4, -0.2) is 10.2 Å². The first kappa shape index (κ1) is 15.0. The van der Waals surface area contributed by atoms with Gasteiger partial charge in [0.25, 0.3) is 0 Å². The summed E-state index contributed by atoms with van der Waals surface area (Å²) in [4.78, 5) is 0.827. The molecule has 0 aliphatic carbocycles. The fourth-order valence-corrected chi connectivity index (χ4v) is 4.30. The highest BCUT2D eigenvalue weighted by Gasteiger charge is 2.27. The average molecular weight is 355 g/mol. The fourth-order valence-electron chi connectivity index (χ4n) is 3.30. The average Bonchev–Trinajstić information content (AvgIpc) is 3.05. The number of aromatic nitrogens is 2. The van der Waals surface area contributed by atoms with Crippen molar-refractivity contribution in [1.29, 1.82) is 0 Å². The summed E-state index contributed by atoms with van der Waals surface area (Å²) in [5.41, 5.74) is 3.72. The summed E-state index contributed by atoms with van der Waals surface area (Å²) in [6.45, 7) is 0. The van der Waals surface area contributed by atoms with E-state index in [0.29, 0.717) is 0 Å². The minimum absolute atomic E-state index is 0.282. The van der Waals surface area contributed by atoms with Crippen molar-refractivity contribution < 1.29 is 9.01 Å². The normalized spacial score (nSPS) is 11.2. The number of fused-ring (bicyclic) bond motifs is 3. The highest BCUT2D eigenvalue weighted by atomic mass is 32.1. The van der Waals surface area contributed by atoms with E-state index in [4.69, 9.17) is 5.10 Å². The van der Waals surface area contributed by atoms with Crippen LogP contribution in [0.2, 0.25) is 0 Å². The third kappa shape index (κ3) is 2.27. The van der Waals surface area contributed by atoms with Gasteiger partial charge in [0.1, 0.15) is 5.69 Å². The van der Waals surface area contributed by atoms with Crippen LogP contribution >= 0.6 is 11.5 Å². The first-order chi connectivity index (χ1) is 12.8. The van der Waals surface area contributed by atoms with Crippen LogP contribution in [0.15, 0.2) is 84.9 Å². The molecule has 0 aliphatic rings. The van der Waals surface area contributed by atoms with Crippen molar-refractivity contribution in [3.8, 4) is 27.4 Å². The second kappa shape index (κ2) is 5.93. The minimum Gasteiger partial charge on any atom is -0.501 e. The highest BCUT2D eigenvalue weighted by molar-refractivity contribution is 7.06. The summed E-state index contributed by atoms with van der Waals surface area (Å²) < 4.78 is 1.84. The number of benzene rings is 3. The Hall–Kier alpha value is -3.24. The molecule has 124 valence electrons. The molecule has 3 nitrogen and oxygen atoms in total. The van der Waals surface area contributed by atoms with Crippen LogP contribution in [0.5, 0.6) is 5.75 Å². The number of hydrogen-bond donors (Lipinski definition) is 1. The maximum absolute atomic E-state index is 11.0. The molecule has 0 atom stereocenters. The lowest BCUT2D eigenvalue weighted by atomic mass is 10.0. The summed E-state index contributed by atoms with van der Waals surface area (Å²) in [7, 11) is 0. The molecule has 0 fully saturated rings. The molecule has 0 spiro atoms. The predicted molar refractivity (Wildman–Crippen MR) is 105 cm³/mol. The van der Waals surface area contributed by atoms with Crippen molar-refractivity contribution >= 4 is 27.8 Å². The van der Waals surface area contributed by atoms with Gasteiger partial charge in [-0.2, -0.15) is 0 Å². The van der Waals surface area contributed by atoms with E-state index >= 15 is 0 Å². The highest BCUT2D eigenvalue weighted by Crippen LogP contribution is 2.39. The van der Waals surface area contributed by atoms with Gasteiger partial charge in [-0.15, -0.1) is 0 Å². The van der Waals surface area contributed by atoms with Crippen molar-refractivity contribution in [2.24, 2.45) is 0 Å². The zero-order valence-electron chi connectivity index (χ0n) is 13.8. The monoisotopic (exact) mass is 355 g/mol. The lowest BCUT2D eigenvalue weighted by Crippen LogP contribution is -2.21. The number of rotatable bonds is 2. The van der Waals surface area contributed by atoms with E-state index in [2.05, 4.69) is 18.2 Å². The molecular formula is C22H15N2OS+. The van der Waals surface area contributed by atoms with Crippen molar-refractivity contribution in [1.82, 2.24) is 5.10 Å². The number of aromatic hydroxyl groups is 1. The van der Waals surface area contributed by atoms with E-state index in [9.17, 15) is 5.11 Å². The quantitative estimate of drug-likeness (QED) is 0.449. The van der Waals surface area contributed by atoms with Gasteiger partial charge in [0.15, 0.2) is 16.4 Å². The Balaban J connectivity index is 1.89. The fraction of sp³-hybridized carbons (Fsp3) is 0. The molecule has 0 amide bonds. The van der Waals surface area contributed by atoms with Gasteiger partial charge in [-0.05, 0) is 6.07 Å². The topological polar surface area (TPSA) is 37.2 Å². The van der Waals surface area contributed by atoms with Gasteiger partial charge in [0.2, 0.25) is 5.75 Å². The summed E-state index contributed by atoms with van der Waals surface area (Å²) in [6.07, 6.45) is 0. The van der Waals surface area contributed by atoms with E-state index in [1.807, 2.05) is 70.6 Å². The largest absolute Gasteiger partial charge is 0.501 e. The van der Waals surface area contributed by atoms with Crippen molar-refractivity contribution in [3.63, 3.8) is 0 Å². The van der Waals surface area contributed by atoms with Crippen LogP contribution in [0.1, 0.15) is 0 Å². The third-order valence-electron chi connectivity index (χ3n) is 4.52. The maximum Gasteiger partial charge on any atom is 0.304 e. The Kier molecular flexibility index (Phi) is 3.43. The molecule has 3 aromatic carbocycles. The Morgan fingerprint density at radius 1 is 0.692 bits per heavy atom. The molecule has 0 bridgehead atoms. The molecule has 5 aromatic rings. The zero-order chi connectivity index (χ0) is 17.5. The molecule has 0 aliphatic heterocycles. The van der Waals surface area contributed by atoms with Gasteiger partial charge in [-0.25, -0.2) is 0 Å². The third-order valence-corrected chi connectivity index (χ3v) is 5.57. The Labute approximate surface area is 154 Å². The standard InChI is InChI=1S/C22H14N2OS/c25-21-20-18-14-8-7-13-17(18)19(15-9-3-1-4-10-15)23-24(20)26-22(21)16-11-5-2-6-12-16/h1-14H/p+1. The van der Waals surface area contributed by atoms with Gasteiger partial charge in [0.05, 0.1) is 5.39 Å². The van der Waals surface area contributed by atoms with E-state index in [1.54, 1.807) is 0 Å². The van der Waals surface area contributed by atoms with Crippen LogP contribution in [0, 0.1) is 0 Å². The lowest BCUT2D eigenvalue weighted by molar-refractivity contribution is -0.504. The lowest BCUT2D eigenvalue weighted by Gasteiger charge is -2.02. The van der Waals surface area contributed by atoms with Crippen molar-refractivity contribution in [3.05, 3.63) is 84.9 Å². The molecule has 0 saturated carbocycles. The molecule has 4 heteroatoms. The molecule has 26 heavy (non-hydrogen) atoms. The van der Waals surface area contributed by atoms with Crippen LogP contribution in [0.25, 0.3) is 38.0 Å². The van der Waals surface area contributed by atoms with Crippen LogP contribution in [0.4, 0.5) is 0 Å². The molecule has 2 heterocycles. The van der Waals surface area contributed by atoms with E-state index in [1.165, 1.54) is 11.5 Å². The SMILES string of the molecule is Oc1c(-c2ccccc2)s[n+]2nc(-c3ccccc3)c3ccccc3c12. The smallest absolute Gasteiger partial charge is 0.304 e. The van der Waals surface area contributed by atoms with Crippen LogP contribution < -0.4 is 3.90 Å². The molecule has 0 unspecified atom stereocenters. The second-order valence-corrected chi connectivity index (χ2v) is 7.05. The van der Waals surface area contributed by atoms with E-state index in [0.717, 1.165) is 38.0 Å². The predicted octanol–water partition coefficient (Wildman–Crippen LogP) is 5.07. The molecule has 1 N–H and O–H groups in total. The first-order valence-electron chi connectivity index (χ1n) is 8.41. The van der Waals surface area contributed by atoms with Crippen molar-refractivity contribution in [2.75, 3.05) is 0 Å². The van der Waals surface area contributed by atoms with E-state index < -0.39 is 0 Å². The van der Waals surface area contributed by atoms with Crippen LogP contribution in [-0.2, 0) is 0 Å². The van der Waals surface area contributed by atoms with Gasteiger partial charge in [-0.3, -0.25) is 0 Å². The Bertz CT molecular complexity index is 1230. The molecule has 0 saturated heterocycles. The summed E-state index contributed by atoms with van der Waals surface area (Å²) in [5.74, 6) is 0.282. The maximum atomic E-state index is 11.0. The zero-order valence-corrected chi connectivity index (χ0v) is 14.6. The first-order valence-corrected chi connectivity index (χ1v) is 9.18. The summed E-state index contributed by atoms with van der Waals surface area (Å²) in [6, 6.07) is 28.2. The minimum atomic E-state index is 0.282. The molecule has 2 aromatic heterocycles. The summed E-state index contributed by atoms with van der Waals surface area (Å²) in [5, 5.41) is 17.8. The van der Waals surface area contributed by atoms with Crippen molar-refractivity contribution in [2.45, 2.75) is 0 Å². The van der Waals surface area contributed by atoms with Crippen LogP contribution in [0.3, 0.4) is 0 Å². The summed E-state index contributed by atoms with van der Waals surface area (Å²) >= 11 is 1.46. The van der Waals surface area contributed by atoms with E-state index in [-0.39, 0.29) is 5.75 Å². The van der Waals surface area contributed by atoms with Gasteiger partial charge < -0.3 is 5.11 Å². The number of nitrogens with zero attached hydrogens (tertiary/aromatic N) is 2. The van der Waals surface area contributed by atoms with Gasteiger partial charge in [0, 0.05) is 25.5 Å². The Morgan fingerprint density at radius 2 is 1.27 bits per heavy atom. The van der Waals surface area contributed by atoms with Gasteiger partial charge >= 0.3 is 5.52 Å².